The van der Waals surface area contributed by atoms with Crippen LogP contribution in [0.2, 0.25) is 0 Å². The number of likely N-dealkylation sites (N-methyl/N-ethyl adjacent to an activating group) is 1. The maximum absolute atomic E-state index is 13.1. The van der Waals surface area contributed by atoms with Crippen LogP contribution < -0.4 is 5.32 Å². The van der Waals surface area contributed by atoms with E-state index in [1.165, 1.54) is 12.1 Å². The van der Waals surface area contributed by atoms with E-state index in [1.54, 1.807) is 12.1 Å². The Balaban J connectivity index is 0.00000161. The minimum absolute atomic E-state index is 0. The van der Waals surface area contributed by atoms with Gasteiger partial charge in [-0.2, -0.15) is 4.98 Å². The van der Waals surface area contributed by atoms with Crippen molar-refractivity contribution in [1.29, 1.82) is 0 Å². The zero-order valence-corrected chi connectivity index (χ0v) is 13.7. The molecular formula is C13H15FIN5O. The topological polar surface area (TPSA) is 66.5 Å². The van der Waals surface area contributed by atoms with Gasteiger partial charge in [-0.3, -0.25) is 4.99 Å². The highest BCUT2D eigenvalue weighted by molar-refractivity contribution is 14.0. The lowest BCUT2D eigenvalue weighted by Crippen LogP contribution is -2.35. The van der Waals surface area contributed by atoms with Crippen LogP contribution in [0.3, 0.4) is 0 Å². The van der Waals surface area contributed by atoms with Gasteiger partial charge in [0.1, 0.15) is 5.82 Å². The lowest BCUT2D eigenvalue weighted by atomic mass is 10.2. The van der Waals surface area contributed by atoms with E-state index >= 15 is 0 Å². The third-order valence-corrected chi connectivity index (χ3v) is 3.01. The van der Waals surface area contributed by atoms with Crippen LogP contribution in [-0.4, -0.2) is 41.1 Å². The third kappa shape index (κ3) is 3.69. The molecule has 0 amide bonds. The number of nitrogens with zero attached hydrogens (tertiary/aromatic N) is 4. The number of aliphatic imine (C=N–C) groups is 1. The van der Waals surface area contributed by atoms with E-state index in [-0.39, 0.29) is 29.8 Å². The first-order chi connectivity index (χ1) is 9.72. The summed E-state index contributed by atoms with van der Waals surface area (Å²) in [6.07, 6.45) is 0. The minimum Gasteiger partial charge on any atom is -0.347 e. The summed E-state index contributed by atoms with van der Waals surface area (Å²) in [7, 11) is 1.96. The molecule has 6 nitrogen and oxygen atoms in total. The molecule has 0 unspecified atom stereocenters. The van der Waals surface area contributed by atoms with E-state index in [0.717, 1.165) is 19.0 Å². The maximum atomic E-state index is 13.1. The van der Waals surface area contributed by atoms with Crippen LogP contribution in [0.15, 0.2) is 33.8 Å². The second kappa shape index (κ2) is 6.83. The number of nitrogens with one attached hydrogen (secondary N) is 1. The fourth-order valence-corrected chi connectivity index (χ4v) is 1.95. The first-order valence-electron chi connectivity index (χ1n) is 6.30. The molecule has 1 aromatic carbocycles. The number of benzene rings is 1. The summed E-state index contributed by atoms with van der Waals surface area (Å²) in [5, 5.41) is 6.97. The molecule has 0 aliphatic carbocycles. The summed E-state index contributed by atoms with van der Waals surface area (Å²) in [6.45, 7) is 2.09. The van der Waals surface area contributed by atoms with Gasteiger partial charge >= 0.3 is 0 Å². The molecule has 2 heterocycles. The molecule has 2 aromatic rings. The molecular weight excluding hydrogens is 388 g/mol. The fraction of sp³-hybridized carbons (Fsp3) is 0.308. The number of hydrogen-bond acceptors (Lipinski definition) is 6. The van der Waals surface area contributed by atoms with Crippen molar-refractivity contribution in [3.05, 3.63) is 36.0 Å². The third-order valence-electron chi connectivity index (χ3n) is 3.01. The van der Waals surface area contributed by atoms with Crippen molar-refractivity contribution >= 4 is 29.9 Å². The van der Waals surface area contributed by atoms with Crippen molar-refractivity contribution in [2.75, 3.05) is 20.1 Å². The van der Waals surface area contributed by atoms with Gasteiger partial charge in [-0.15, -0.1) is 24.0 Å². The van der Waals surface area contributed by atoms with Gasteiger partial charge in [0.15, 0.2) is 5.96 Å². The van der Waals surface area contributed by atoms with Gasteiger partial charge in [0.25, 0.3) is 0 Å². The predicted octanol–water partition coefficient (Wildman–Crippen LogP) is 1.88. The van der Waals surface area contributed by atoms with Gasteiger partial charge in [0.05, 0.1) is 13.1 Å². The predicted molar refractivity (Wildman–Crippen MR) is 86.9 cm³/mol. The Morgan fingerprint density at radius 3 is 3.00 bits per heavy atom. The molecule has 0 fully saturated rings. The van der Waals surface area contributed by atoms with Gasteiger partial charge < -0.3 is 14.7 Å². The monoisotopic (exact) mass is 403 g/mol. The van der Waals surface area contributed by atoms with Gasteiger partial charge in [0, 0.05) is 19.2 Å². The molecule has 1 aliphatic rings. The van der Waals surface area contributed by atoms with Crippen LogP contribution in [0, 0.1) is 5.82 Å². The highest BCUT2D eigenvalue weighted by Gasteiger charge is 2.14. The molecule has 8 heteroatoms. The number of hydrogen-bond donors (Lipinski definition) is 1. The van der Waals surface area contributed by atoms with Gasteiger partial charge in [-0.1, -0.05) is 17.3 Å². The second-order valence-corrected chi connectivity index (χ2v) is 4.50. The van der Waals surface area contributed by atoms with Crippen molar-refractivity contribution in [2.24, 2.45) is 4.99 Å². The number of aromatic nitrogens is 2. The van der Waals surface area contributed by atoms with Gasteiger partial charge in [0.2, 0.25) is 11.7 Å². The van der Waals surface area contributed by atoms with Gasteiger partial charge in [-0.05, 0) is 12.1 Å². The average Bonchev–Trinajstić information content (AvgIpc) is 3.05. The van der Waals surface area contributed by atoms with Crippen molar-refractivity contribution in [1.82, 2.24) is 20.4 Å². The molecule has 0 radical (unpaired) electrons. The highest BCUT2D eigenvalue weighted by atomic mass is 127. The molecule has 1 aromatic heterocycles. The first-order valence-corrected chi connectivity index (χ1v) is 6.30. The highest BCUT2D eigenvalue weighted by Crippen LogP contribution is 2.16. The Labute approximate surface area is 138 Å². The van der Waals surface area contributed by atoms with E-state index in [0.29, 0.717) is 23.8 Å². The summed E-state index contributed by atoms with van der Waals surface area (Å²) >= 11 is 0. The molecule has 0 saturated carbocycles. The molecule has 0 atom stereocenters. The van der Waals surface area contributed by atoms with E-state index in [2.05, 4.69) is 20.4 Å². The Morgan fingerprint density at radius 2 is 2.29 bits per heavy atom. The van der Waals surface area contributed by atoms with Crippen LogP contribution >= 0.6 is 24.0 Å². The van der Waals surface area contributed by atoms with Crippen molar-refractivity contribution < 1.29 is 8.91 Å². The number of guanidine groups is 1. The maximum Gasteiger partial charge on any atom is 0.246 e. The molecule has 0 bridgehead atoms. The van der Waals surface area contributed by atoms with E-state index in [1.807, 2.05) is 11.9 Å². The molecule has 0 saturated heterocycles. The zero-order valence-electron chi connectivity index (χ0n) is 11.4. The van der Waals surface area contributed by atoms with Crippen molar-refractivity contribution in [2.45, 2.75) is 6.54 Å². The first kappa shape index (κ1) is 15.7. The lowest BCUT2D eigenvalue weighted by molar-refractivity contribution is 0.373. The lowest BCUT2D eigenvalue weighted by Gasteiger charge is -2.13. The van der Waals surface area contributed by atoms with E-state index < -0.39 is 0 Å². The van der Waals surface area contributed by atoms with Crippen LogP contribution in [0.25, 0.3) is 11.4 Å². The van der Waals surface area contributed by atoms with Crippen LogP contribution in [0.1, 0.15) is 5.89 Å². The summed E-state index contributed by atoms with van der Waals surface area (Å²) in [5.74, 6) is 1.31. The largest absolute Gasteiger partial charge is 0.347 e. The SMILES string of the molecule is CN1CCN=C1NCc1nc(-c2cccc(F)c2)no1.I. The van der Waals surface area contributed by atoms with Crippen LogP contribution in [0.5, 0.6) is 0 Å². The quantitative estimate of drug-likeness (QED) is 0.794. The standard InChI is InChI=1S/C13H14FN5O.HI/c1-19-6-5-15-13(19)16-8-11-17-12(18-20-11)9-3-2-4-10(14)7-9;/h2-4,7H,5-6,8H2,1H3,(H,15,16);1H. The van der Waals surface area contributed by atoms with Crippen molar-refractivity contribution in [3.63, 3.8) is 0 Å². The Hall–Kier alpha value is -1.71. The molecule has 112 valence electrons. The summed E-state index contributed by atoms with van der Waals surface area (Å²) in [6, 6.07) is 6.10. The average molecular weight is 403 g/mol. The summed E-state index contributed by atoms with van der Waals surface area (Å²) < 4.78 is 18.3. The zero-order chi connectivity index (χ0) is 13.9. The van der Waals surface area contributed by atoms with Crippen LogP contribution in [-0.2, 0) is 6.54 Å². The Morgan fingerprint density at radius 1 is 1.43 bits per heavy atom. The normalized spacial score (nSPS) is 13.8. The van der Waals surface area contributed by atoms with E-state index in [9.17, 15) is 4.39 Å². The van der Waals surface area contributed by atoms with E-state index in [4.69, 9.17) is 4.52 Å². The van der Waals surface area contributed by atoms with Crippen molar-refractivity contribution in [3.8, 4) is 11.4 Å². The summed E-state index contributed by atoms with van der Waals surface area (Å²) in [5.41, 5.74) is 0.593. The number of rotatable bonds is 3. The smallest absolute Gasteiger partial charge is 0.246 e. The molecule has 3 rings (SSSR count). The molecule has 1 aliphatic heterocycles. The summed E-state index contributed by atoms with van der Waals surface area (Å²) in [4.78, 5) is 10.5. The Bertz CT molecular complexity index is 645. The molecule has 0 spiro atoms. The van der Waals surface area contributed by atoms with Gasteiger partial charge in [-0.25, -0.2) is 4.39 Å². The Kier molecular flexibility index (Phi) is 5.10. The minimum atomic E-state index is -0.325. The second-order valence-electron chi connectivity index (χ2n) is 4.50. The van der Waals surface area contributed by atoms with Crippen LogP contribution in [0.4, 0.5) is 4.39 Å². The molecule has 1 N–H and O–H groups in total. The fourth-order valence-electron chi connectivity index (χ4n) is 1.95. The molecule has 21 heavy (non-hydrogen) atoms. The number of halogens is 2.